The van der Waals surface area contributed by atoms with Crippen LogP contribution in [0.3, 0.4) is 0 Å². The minimum absolute atomic E-state index is 0.0731. The van der Waals surface area contributed by atoms with Gasteiger partial charge < -0.3 is 43.6 Å². The molecule has 0 radical (unpaired) electrons. The Balaban J connectivity index is 1.24. The van der Waals surface area contributed by atoms with Gasteiger partial charge in [-0.25, -0.2) is 19.9 Å². The van der Waals surface area contributed by atoms with Gasteiger partial charge in [0, 0.05) is 58.7 Å². The molecule has 2 aromatic carbocycles. The summed E-state index contributed by atoms with van der Waals surface area (Å²) in [5.41, 5.74) is 15.9. The van der Waals surface area contributed by atoms with Gasteiger partial charge in [-0.15, -0.1) is 0 Å². The number of nitrogens with two attached hydrogens (primary N) is 2. The van der Waals surface area contributed by atoms with E-state index in [1.807, 2.05) is 42.7 Å². The molecule has 1 fully saturated rings. The molecule has 0 spiro atoms. The van der Waals surface area contributed by atoms with Crippen molar-refractivity contribution in [3.8, 4) is 11.5 Å². The Kier molecular flexibility index (Phi) is 13.1. The van der Waals surface area contributed by atoms with Crippen molar-refractivity contribution >= 4 is 51.7 Å². The normalized spacial score (nSPS) is 13.4. The van der Waals surface area contributed by atoms with Crippen LogP contribution in [0.15, 0.2) is 45.3 Å². The van der Waals surface area contributed by atoms with Gasteiger partial charge in [0.1, 0.15) is 22.5 Å². The molecule has 5 heterocycles. The van der Waals surface area contributed by atoms with E-state index in [2.05, 4.69) is 30.5 Å². The summed E-state index contributed by atoms with van der Waals surface area (Å²) in [6, 6.07) is 6.84. The van der Waals surface area contributed by atoms with Crippen LogP contribution in [0.25, 0.3) is 22.1 Å². The Morgan fingerprint density at radius 1 is 0.803 bits per heavy atom. The number of morpholine rings is 1. The summed E-state index contributed by atoms with van der Waals surface area (Å²) in [7, 11) is 1.47. The number of allylic oxidation sites excluding steroid dienone is 2. The SMILES string of the molecule is CCc1nc(C)oc1C(=O)Nc1nc2cc(C(N)=O)cc(OC)c2n1C/C=C/Cn1c(NC(=O)c2oc(C)nc2CC)nc2cc(CN)cc(OCCCN3CCOCC3)c21. The van der Waals surface area contributed by atoms with E-state index in [0.29, 0.717) is 89.4 Å². The molecule has 1 aliphatic rings. The Labute approximate surface area is 351 Å². The van der Waals surface area contributed by atoms with Crippen LogP contribution in [0.4, 0.5) is 11.9 Å². The third-order valence-electron chi connectivity index (χ3n) is 10.3. The van der Waals surface area contributed by atoms with Crippen molar-refractivity contribution in [1.82, 2.24) is 34.0 Å². The predicted octanol–water partition coefficient (Wildman–Crippen LogP) is 4.53. The van der Waals surface area contributed by atoms with Crippen LogP contribution in [0.2, 0.25) is 0 Å². The van der Waals surface area contributed by atoms with Gasteiger partial charge in [0.15, 0.2) is 11.8 Å². The van der Waals surface area contributed by atoms with E-state index in [-0.39, 0.29) is 48.6 Å². The highest BCUT2D eigenvalue weighted by molar-refractivity contribution is 6.04. The van der Waals surface area contributed by atoms with Crippen molar-refractivity contribution in [1.29, 1.82) is 0 Å². The van der Waals surface area contributed by atoms with Crippen LogP contribution < -0.4 is 31.6 Å². The first kappa shape index (κ1) is 42.6. The van der Waals surface area contributed by atoms with Crippen LogP contribution in [0.5, 0.6) is 11.5 Å². The van der Waals surface area contributed by atoms with Gasteiger partial charge in [0.05, 0.1) is 49.4 Å². The van der Waals surface area contributed by atoms with E-state index < -0.39 is 17.7 Å². The Hall–Kier alpha value is -6.57. The van der Waals surface area contributed by atoms with E-state index in [1.54, 1.807) is 18.4 Å². The van der Waals surface area contributed by atoms with Crippen molar-refractivity contribution in [3.63, 3.8) is 0 Å². The number of hydrogen-bond donors (Lipinski definition) is 4. The summed E-state index contributed by atoms with van der Waals surface area (Å²) in [6.07, 6.45) is 5.53. The van der Waals surface area contributed by atoms with E-state index in [1.165, 1.54) is 19.2 Å². The standard InChI is InChI=1S/C42H51N11O8/c1-6-28-36(60-24(3)45-28)39(55)49-41-47-30-19-26(23-43)20-33(59-16-10-11-51-14-17-58-18-15-51)35(30)53(41)13-9-8-12-52-34-31(21-27(38(44)54)22-32(34)57-5)48-42(52)50-40(56)37-29(7-2)46-25(4)61-37/h8-9,19-22H,6-7,10-18,23,43H2,1-5H3,(H2,44,54)(H,47,49,55)(H,48,50,56)/b9-8+. The zero-order chi connectivity index (χ0) is 43.2. The molecule has 0 aliphatic carbocycles. The second-order valence-electron chi connectivity index (χ2n) is 14.4. The van der Waals surface area contributed by atoms with Crippen LogP contribution in [-0.4, -0.2) is 98.3 Å². The number of methoxy groups -OCH3 is 1. The molecule has 0 atom stereocenters. The summed E-state index contributed by atoms with van der Waals surface area (Å²) in [5.74, 6) is 0.532. The number of imidazole rings is 2. The van der Waals surface area contributed by atoms with Gasteiger partial charge in [0.25, 0.3) is 11.8 Å². The van der Waals surface area contributed by atoms with E-state index in [4.69, 9.17) is 39.5 Å². The summed E-state index contributed by atoms with van der Waals surface area (Å²) in [6.45, 7) is 12.3. The molecule has 3 amide bonds. The summed E-state index contributed by atoms with van der Waals surface area (Å²) < 4.78 is 32.6. The number of fused-ring (bicyclic) bond motifs is 2. The quantitative estimate of drug-likeness (QED) is 0.0687. The molecule has 322 valence electrons. The molecule has 1 saturated heterocycles. The van der Waals surface area contributed by atoms with E-state index in [9.17, 15) is 14.4 Å². The maximum atomic E-state index is 13.7. The first-order valence-corrected chi connectivity index (χ1v) is 20.3. The Bertz CT molecular complexity index is 2600. The Morgan fingerprint density at radius 3 is 1.89 bits per heavy atom. The van der Waals surface area contributed by atoms with Gasteiger partial charge in [-0.2, -0.15) is 0 Å². The lowest BCUT2D eigenvalue weighted by Crippen LogP contribution is -2.37. The zero-order valence-corrected chi connectivity index (χ0v) is 35.0. The number of primary amides is 1. The van der Waals surface area contributed by atoms with E-state index >= 15 is 0 Å². The lowest BCUT2D eigenvalue weighted by Gasteiger charge is -2.26. The number of benzene rings is 2. The fraction of sp³-hybridized carbons (Fsp3) is 0.405. The fourth-order valence-electron chi connectivity index (χ4n) is 7.33. The smallest absolute Gasteiger partial charge is 0.295 e. The second kappa shape index (κ2) is 18.8. The summed E-state index contributed by atoms with van der Waals surface area (Å²) >= 11 is 0. The van der Waals surface area contributed by atoms with Crippen molar-refractivity contribution < 1.29 is 37.4 Å². The molecule has 6 aromatic rings. The highest BCUT2D eigenvalue weighted by Gasteiger charge is 2.25. The first-order valence-electron chi connectivity index (χ1n) is 20.3. The number of amides is 3. The lowest BCUT2D eigenvalue weighted by atomic mass is 10.1. The molecule has 6 N–H and O–H groups in total. The van der Waals surface area contributed by atoms with Crippen molar-refractivity contribution in [3.05, 3.63) is 82.2 Å². The molecular formula is C42H51N11O8. The average molecular weight is 838 g/mol. The number of carbonyl (C=O) groups is 3. The zero-order valence-electron chi connectivity index (χ0n) is 35.0. The number of aryl methyl sites for hydroxylation is 4. The lowest BCUT2D eigenvalue weighted by molar-refractivity contribution is 0.0358. The van der Waals surface area contributed by atoms with Gasteiger partial charge in [-0.1, -0.05) is 26.0 Å². The summed E-state index contributed by atoms with van der Waals surface area (Å²) in [5, 5.41) is 5.82. The van der Waals surface area contributed by atoms with Crippen LogP contribution >= 0.6 is 0 Å². The van der Waals surface area contributed by atoms with Crippen molar-refractivity contribution in [2.45, 2.75) is 66.6 Å². The number of oxazole rings is 2. The third kappa shape index (κ3) is 9.28. The summed E-state index contributed by atoms with van der Waals surface area (Å²) in [4.78, 5) is 60.2. The monoisotopic (exact) mass is 837 g/mol. The van der Waals surface area contributed by atoms with E-state index in [0.717, 1.165) is 31.6 Å². The van der Waals surface area contributed by atoms with Gasteiger partial charge in [0.2, 0.25) is 29.3 Å². The minimum Gasteiger partial charge on any atom is -0.494 e. The number of nitrogens with one attached hydrogen (secondary N) is 2. The molecule has 1 aliphatic heterocycles. The molecular weight excluding hydrogens is 787 g/mol. The number of anilines is 2. The number of rotatable bonds is 18. The fourth-order valence-corrected chi connectivity index (χ4v) is 7.33. The highest BCUT2D eigenvalue weighted by atomic mass is 16.5. The predicted molar refractivity (Wildman–Crippen MR) is 226 cm³/mol. The molecule has 0 saturated carbocycles. The molecule has 61 heavy (non-hydrogen) atoms. The van der Waals surface area contributed by atoms with Crippen LogP contribution in [0, 0.1) is 13.8 Å². The number of hydrogen-bond acceptors (Lipinski definition) is 14. The maximum absolute atomic E-state index is 13.7. The van der Waals surface area contributed by atoms with Crippen LogP contribution in [0.1, 0.15) is 80.5 Å². The van der Waals surface area contributed by atoms with Crippen molar-refractivity contribution in [2.24, 2.45) is 11.5 Å². The maximum Gasteiger partial charge on any atom is 0.295 e. The molecule has 19 heteroatoms. The van der Waals surface area contributed by atoms with Crippen LogP contribution in [-0.2, 0) is 37.2 Å². The minimum atomic E-state index is -0.663. The highest BCUT2D eigenvalue weighted by Crippen LogP contribution is 2.33. The number of nitrogens with zero attached hydrogens (tertiary/aromatic N) is 7. The molecule has 0 bridgehead atoms. The number of aromatic nitrogens is 6. The number of ether oxygens (including phenoxy) is 3. The molecule has 19 nitrogen and oxygen atoms in total. The Morgan fingerprint density at radius 2 is 1.36 bits per heavy atom. The van der Waals surface area contributed by atoms with Gasteiger partial charge >= 0.3 is 0 Å². The first-order chi connectivity index (χ1) is 29.5. The molecule has 7 rings (SSSR count). The van der Waals surface area contributed by atoms with Crippen molar-refractivity contribution in [2.75, 3.05) is 57.2 Å². The third-order valence-corrected chi connectivity index (χ3v) is 10.3. The second-order valence-corrected chi connectivity index (χ2v) is 14.4. The average Bonchev–Trinajstić information content (AvgIpc) is 4.02. The molecule has 0 unspecified atom stereocenters. The largest absolute Gasteiger partial charge is 0.494 e. The van der Waals surface area contributed by atoms with Gasteiger partial charge in [-0.3, -0.25) is 29.9 Å². The molecule has 4 aromatic heterocycles. The van der Waals surface area contributed by atoms with Gasteiger partial charge in [-0.05, 0) is 49.1 Å². The number of carbonyl (C=O) groups excluding carboxylic acids is 3. The topological polar surface area (TPSA) is 246 Å².